The maximum Gasteiger partial charge on any atom is 0.164 e. The minimum absolute atomic E-state index is 0.659. The van der Waals surface area contributed by atoms with Crippen LogP contribution in [0.5, 0.6) is 0 Å². The molecule has 0 aliphatic rings. The summed E-state index contributed by atoms with van der Waals surface area (Å²) in [5.41, 5.74) is 2.89. The Bertz CT molecular complexity index is 2470. The molecular formula is C41H25N3. The second-order valence-corrected chi connectivity index (χ2v) is 11.3. The van der Waals surface area contributed by atoms with Crippen molar-refractivity contribution in [1.82, 2.24) is 15.0 Å². The van der Waals surface area contributed by atoms with Crippen molar-refractivity contribution in [1.29, 1.82) is 0 Å². The van der Waals surface area contributed by atoms with Gasteiger partial charge in [0.2, 0.25) is 0 Å². The predicted molar refractivity (Wildman–Crippen MR) is 184 cm³/mol. The molecule has 44 heavy (non-hydrogen) atoms. The minimum Gasteiger partial charge on any atom is -0.208 e. The molecule has 0 aliphatic heterocycles. The SMILES string of the molecule is c1ccc2cc(-c3nc(-c4ccc5ccccc5c4)nc(-c4ccc5c(ccc6c7ccccc7ccc56)c4)n3)ccc2c1. The van der Waals surface area contributed by atoms with Gasteiger partial charge in [-0.25, -0.2) is 15.0 Å². The molecule has 0 saturated carbocycles. The molecule has 1 heterocycles. The highest BCUT2D eigenvalue weighted by molar-refractivity contribution is 6.17. The van der Waals surface area contributed by atoms with E-state index in [0.717, 1.165) is 32.8 Å². The Kier molecular flexibility index (Phi) is 5.50. The maximum absolute atomic E-state index is 5.06. The van der Waals surface area contributed by atoms with Crippen LogP contribution in [0.1, 0.15) is 0 Å². The molecule has 0 saturated heterocycles. The number of hydrogen-bond acceptors (Lipinski definition) is 3. The average Bonchev–Trinajstić information content (AvgIpc) is 3.10. The highest BCUT2D eigenvalue weighted by atomic mass is 15.0. The molecule has 3 nitrogen and oxygen atoms in total. The lowest BCUT2D eigenvalue weighted by Gasteiger charge is -2.11. The maximum atomic E-state index is 5.06. The number of aromatic nitrogens is 3. The monoisotopic (exact) mass is 559 g/mol. The molecule has 0 spiro atoms. The van der Waals surface area contributed by atoms with E-state index < -0.39 is 0 Å². The van der Waals surface area contributed by atoms with Gasteiger partial charge in [0.1, 0.15) is 0 Å². The molecule has 9 aromatic rings. The summed E-state index contributed by atoms with van der Waals surface area (Å²) in [5, 5.41) is 12.1. The number of benzene rings is 8. The van der Waals surface area contributed by atoms with E-state index in [9.17, 15) is 0 Å². The standard InChI is InChI=1S/C41H25N3/c1-3-10-29-23-32(15-13-26(29)7-1)39-42-40(33-16-14-27-8-2-4-11-30(27)24-33)44-41(43-39)34-19-20-36-31(25-34)18-22-37-35-12-6-5-9-28(35)17-21-38(36)37/h1-25H. The van der Waals surface area contributed by atoms with Crippen LogP contribution < -0.4 is 0 Å². The van der Waals surface area contributed by atoms with Gasteiger partial charge in [0, 0.05) is 16.7 Å². The molecule has 3 heteroatoms. The van der Waals surface area contributed by atoms with E-state index in [0.29, 0.717) is 17.5 Å². The van der Waals surface area contributed by atoms with Crippen LogP contribution in [0.15, 0.2) is 152 Å². The van der Waals surface area contributed by atoms with Gasteiger partial charge in [0.05, 0.1) is 0 Å². The van der Waals surface area contributed by atoms with Crippen LogP contribution in [-0.2, 0) is 0 Å². The number of rotatable bonds is 3. The first kappa shape index (κ1) is 24.6. The third-order valence-corrected chi connectivity index (χ3v) is 8.65. The van der Waals surface area contributed by atoms with Crippen molar-refractivity contribution < 1.29 is 0 Å². The summed E-state index contributed by atoms with van der Waals surface area (Å²) < 4.78 is 0. The third-order valence-electron chi connectivity index (χ3n) is 8.65. The summed E-state index contributed by atoms with van der Waals surface area (Å²) in [6, 6.07) is 53.6. The zero-order chi connectivity index (χ0) is 29.0. The van der Waals surface area contributed by atoms with Crippen molar-refractivity contribution >= 4 is 53.9 Å². The summed E-state index contributed by atoms with van der Waals surface area (Å²) in [4.78, 5) is 15.1. The van der Waals surface area contributed by atoms with Crippen molar-refractivity contribution in [3.63, 3.8) is 0 Å². The average molecular weight is 560 g/mol. The molecule has 0 radical (unpaired) electrons. The Morgan fingerprint density at radius 2 is 0.614 bits per heavy atom. The summed E-state index contributed by atoms with van der Waals surface area (Å²) in [6.07, 6.45) is 0. The van der Waals surface area contributed by atoms with Crippen LogP contribution in [-0.4, -0.2) is 15.0 Å². The Balaban J connectivity index is 1.24. The smallest absolute Gasteiger partial charge is 0.164 e. The van der Waals surface area contributed by atoms with E-state index in [1.807, 2.05) is 0 Å². The van der Waals surface area contributed by atoms with E-state index in [-0.39, 0.29) is 0 Å². The van der Waals surface area contributed by atoms with Gasteiger partial charge in [0.15, 0.2) is 17.5 Å². The quantitative estimate of drug-likeness (QED) is 0.202. The molecule has 0 amide bonds. The molecule has 0 fully saturated rings. The van der Waals surface area contributed by atoms with E-state index in [1.54, 1.807) is 0 Å². The first-order valence-corrected chi connectivity index (χ1v) is 14.9. The van der Waals surface area contributed by atoms with Gasteiger partial charge in [-0.2, -0.15) is 0 Å². The topological polar surface area (TPSA) is 38.7 Å². The van der Waals surface area contributed by atoms with Crippen molar-refractivity contribution in [3.05, 3.63) is 152 Å². The second kappa shape index (κ2) is 9.82. The molecule has 9 rings (SSSR count). The Labute approximate surface area is 254 Å². The molecule has 1 aromatic heterocycles. The molecule has 0 atom stereocenters. The first-order valence-electron chi connectivity index (χ1n) is 14.9. The van der Waals surface area contributed by atoms with Crippen LogP contribution in [0.4, 0.5) is 0 Å². The Morgan fingerprint density at radius 1 is 0.250 bits per heavy atom. The van der Waals surface area contributed by atoms with Crippen molar-refractivity contribution in [3.8, 4) is 34.2 Å². The highest BCUT2D eigenvalue weighted by Gasteiger charge is 2.14. The zero-order valence-corrected chi connectivity index (χ0v) is 23.8. The van der Waals surface area contributed by atoms with E-state index in [2.05, 4.69) is 152 Å². The van der Waals surface area contributed by atoms with Crippen molar-refractivity contribution in [2.75, 3.05) is 0 Å². The van der Waals surface area contributed by atoms with Crippen LogP contribution in [0.3, 0.4) is 0 Å². The normalized spacial score (nSPS) is 11.6. The molecule has 0 aliphatic carbocycles. The largest absolute Gasteiger partial charge is 0.208 e. The van der Waals surface area contributed by atoms with E-state index in [4.69, 9.17) is 15.0 Å². The number of hydrogen-bond donors (Lipinski definition) is 0. The first-order chi connectivity index (χ1) is 21.8. The highest BCUT2D eigenvalue weighted by Crippen LogP contribution is 2.34. The molecule has 204 valence electrons. The summed E-state index contributed by atoms with van der Waals surface area (Å²) in [7, 11) is 0. The van der Waals surface area contributed by atoms with E-state index >= 15 is 0 Å². The summed E-state index contributed by atoms with van der Waals surface area (Å²) in [6.45, 7) is 0. The van der Waals surface area contributed by atoms with Crippen LogP contribution in [0.25, 0.3) is 88.0 Å². The lowest BCUT2D eigenvalue weighted by Crippen LogP contribution is -2.00. The van der Waals surface area contributed by atoms with Crippen molar-refractivity contribution in [2.24, 2.45) is 0 Å². The molecule has 8 aromatic carbocycles. The van der Waals surface area contributed by atoms with Gasteiger partial charge >= 0.3 is 0 Å². The summed E-state index contributed by atoms with van der Waals surface area (Å²) in [5.74, 6) is 1.98. The Hall–Kier alpha value is -5.93. The predicted octanol–water partition coefficient (Wildman–Crippen LogP) is 10.6. The fourth-order valence-electron chi connectivity index (χ4n) is 6.39. The minimum atomic E-state index is 0.659. The lowest BCUT2D eigenvalue weighted by atomic mass is 9.96. The van der Waals surface area contributed by atoms with Gasteiger partial charge in [-0.3, -0.25) is 0 Å². The van der Waals surface area contributed by atoms with Gasteiger partial charge in [-0.1, -0.05) is 133 Å². The molecule has 0 bridgehead atoms. The van der Waals surface area contributed by atoms with Gasteiger partial charge in [-0.15, -0.1) is 0 Å². The number of fused-ring (bicyclic) bond motifs is 7. The fourth-order valence-corrected chi connectivity index (χ4v) is 6.39. The summed E-state index contributed by atoms with van der Waals surface area (Å²) >= 11 is 0. The van der Waals surface area contributed by atoms with Crippen molar-refractivity contribution in [2.45, 2.75) is 0 Å². The number of nitrogens with zero attached hydrogens (tertiary/aromatic N) is 3. The Morgan fingerprint density at radius 3 is 1.18 bits per heavy atom. The van der Waals surface area contributed by atoms with Gasteiger partial charge < -0.3 is 0 Å². The molecule has 0 N–H and O–H groups in total. The molecular weight excluding hydrogens is 534 g/mol. The van der Waals surface area contributed by atoms with E-state index in [1.165, 1.54) is 37.7 Å². The third kappa shape index (κ3) is 4.10. The van der Waals surface area contributed by atoms with Gasteiger partial charge in [0.25, 0.3) is 0 Å². The van der Waals surface area contributed by atoms with Crippen LogP contribution in [0.2, 0.25) is 0 Å². The lowest BCUT2D eigenvalue weighted by molar-refractivity contribution is 1.08. The van der Waals surface area contributed by atoms with Crippen LogP contribution in [0, 0.1) is 0 Å². The second-order valence-electron chi connectivity index (χ2n) is 11.3. The van der Waals surface area contributed by atoms with Gasteiger partial charge in [-0.05, 0) is 72.1 Å². The van der Waals surface area contributed by atoms with Crippen LogP contribution >= 0.6 is 0 Å². The molecule has 0 unspecified atom stereocenters. The fraction of sp³-hybridized carbons (Fsp3) is 0. The zero-order valence-electron chi connectivity index (χ0n) is 23.8.